The van der Waals surface area contributed by atoms with Crippen LogP contribution in [0.5, 0.6) is 0 Å². The molecule has 20 heavy (non-hydrogen) atoms. The third kappa shape index (κ3) is 3.56. The molecule has 1 aliphatic carbocycles. The molecule has 1 aromatic carbocycles. The number of rotatable bonds is 4. The topological polar surface area (TPSA) is 26.0 Å². The van der Waals surface area contributed by atoms with Gasteiger partial charge in [0.05, 0.1) is 0 Å². The summed E-state index contributed by atoms with van der Waals surface area (Å²) in [5, 5.41) is 0.855. The summed E-state index contributed by atoms with van der Waals surface area (Å²) in [5.41, 5.74) is 8.23. The fraction of sp³-hybridized carbons (Fsp3) is 0.667. The summed E-state index contributed by atoms with van der Waals surface area (Å²) in [7, 11) is 0. The molecule has 1 saturated carbocycles. The molecule has 2 N–H and O–H groups in total. The Morgan fingerprint density at radius 1 is 1.25 bits per heavy atom. The summed E-state index contributed by atoms with van der Waals surface area (Å²) in [5.74, 6) is 0.815. The van der Waals surface area contributed by atoms with Crippen molar-refractivity contribution in [1.82, 2.24) is 0 Å². The SMILES string of the molecule is CCC(C)(C)C1CCC(N)(Cc2ccccc2Cl)CC1. The Bertz CT molecular complexity index is 444. The van der Waals surface area contributed by atoms with E-state index < -0.39 is 0 Å². The zero-order valence-electron chi connectivity index (χ0n) is 13.1. The van der Waals surface area contributed by atoms with Crippen molar-refractivity contribution in [3.05, 3.63) is 34.9 Å². The number of hydrogen-bond acceptors (Lipinski definition) is 1. The minimum atomic E-state index is -0.0642. The van der Waals surface area contributed by atoms with E-state index in [4.69, 9.17) is 17.3 Å². The largest absolute Gasteiger partial charge is 0.325 e. The number of hydrogen-bond donors (Lipinski definition) is 1. The minimum Gasteiger partial charge on any atom is -0.325 e. The normalized spacial score (nSPS) is 27.6. The molecular formula is C18H28ClN. The Morgan fingerprint density at radius 2 is 1.85 bits per heavy atom. The third-order valence-electron chi connectivity index (χ3n) is 5.50. The predicted molar refractivity (Wildman–Crippen MR) is 88.1 cm³/mol. The highest BCUT2D eigenvalue weighted by Crippen LogP contribution is 2.43. The van der Waals surface area contributed by atoms with E-state index in [1.165, 1.54) is 24.8 Å². The highest BCUT2D eigenvalue weighted by molar-refractivity contribution is 6.31. The molecule has 0 spiro atoms. The van der Waals surface area contributed by atoms with Crippen molar-refractivity contribution < 1.29 is 0 Å². The lowest BCUT2D eigenvalue weighted by Crippen LogP contribution is -2.47. The first-order valence-corrected chi connectivity index (χ1v) is 8.26. The molecule has 1 nitrogen and oxygen atoms in total. The fourth-order valence-electron chi connectivity index (χ4n) is 3.46. The van der Waals surface area contributed by atoms with Crippen LogP contribution in [0.2, 0.25) is 5.02 Å². The summed E-state index contributed by atoms with van der Waals surface area (Å²) in [6, 6.07) is 8.11. The first-order chi connectivity index (χ1) is 9.36. The lowest BCUT2D eigenvalue weighted by molar-refractivity contribution is 0.115. The second-order valence-electron chi connectivity index (χ2n) is 7.25. The highest BCUT2D eigenvalue weighted by atomic mass is 35.5. The predicted octanol–water partition coefficient (Wildman–Crippen LogP) is 5.21. The van der Waals surface area contributed by atoms with Crippen LogP contribution in [0.1, 0.15) is 58.4 Å². The van der Waals surface area contributed by atoms with Crippen LogP contribution in [0.15, 0.2) is 24.3 Å². The Kier molecular flexibility index (Phi) is 4.81. The first kappa shape index (κ1) is 15.9. The zero-order chi connectivity index (χ0) is 14.8. The Morgan fingerprint density at radius 3 is 2.40 bits per heavy atom. The number of nitrogens with two attached hydrogens (primary N) is 1. The average Bonchev–Trinajstić information content (AvgIpc) is 2.42. The molecule has 0 atom stereocenters. The van der Waals surface area contributed by atoms with Gasteiger partial charge >= 0.3 is 0 Å². The van der Waals surface area contributed by atoms with Gasteiger partial charge in [0.1, 0.15) is 0 Å². The molecule has 0 radical (unpaired) electrons. The lowest BCUT2D eigenvalue weighted by atomic mass is 9.65. The molecule has 0 aromatic heterocycles. The Labute approximate surface area is 128 Å². The van der Waals surface area contributed by atoms with Gasteiger partial charge in [-0.15, -0.1) is 0 Å². The second-order valence-corrected chi connectivity index (χ2v) is 7.65. The summed E-state index contributed by atoms with van der Waals surface area (Å²) in [6.45, 7) is 7.10. The van der Waals surface area contributed by atoms with E-state index in [1.807, 2.05) is 12.1 Å². The standard InChI is InChI=1S/C18H28ClN/c1-4-17(2,3)15-9-11-18(20,12-10-15)13-14-7-5-6-8-16(14)19/h5-8,15H,4,9-13,20H2,1-3H3. The van der Waals surface area contributed by atoms with Crippen molar-refractivity contribution in [2.75, 3.05) is 0 Å². The molecule has 2 heteroatoms. The molecular weight excluding hydrogens is 266 g/mol. The van der Waals surface area contributed by atoms with Crippen LogP contribution in [-0.2, 0) is 6.42 Å². The summed E-state index contributed by atoms with van der Waals surface area (Å²) in [6.07, 6.45) is 6.90. The van der Waals surface area contributed by atoms with Gasteiger partial charge in [0.25, 0.3) is 0 Å². The van der Waals surface area contributed by atoms with E-state index >= 15 is 0 Å². The molecule has 1 aromatic rings. The minimum absolute atomic E-state index is 0.0642. The van der Waals surface area contributed by atoms with E-state index in [-0.39, 0.29) is 5.54 Å². The van der Waals surface area contributed by atoms with Crippen LogP contribution in [0.25, 0.3) is 0 Å². The summed E-state index contributed by atoms with van der Waals surface area (Å²) < 4.78 is 0. The quantitative estimate of drug-likeness (QED) is 0.810. The molecule has 0 bridgehead atoms. The van der Waals surface area contributed by atoms with Gasteiger partial charge in [0.2, 0.25) is 0 Å². The van der Waals surface area contributed by atoms with Crippen LogP contribution in [-0.4, -0.2) is 5.54 Å². The number of halogens is 1. The van der Waals surface area contributed by atoms with E-state index in [0.29, 0.717) is 5.41 Å². The van der Waals surface area contributed by atoms with Gasteiger partial charge in [-0.1, -0.05) is 57.0 Å². The van der Waals surface area contributed by atoms with Crippen LogP contribution < -0.4 is 5.73 Å². The van der Waals surface area contributed by atoms with Crippen molar-refractivity contribution in [2.45, 2.75) is 64.8 Å². The molecule has 0 saturated heterocycles. The molecule has 112 valence electrons. The number of benzene rings is 1. The molecule has 0 aliphatic heterocycles. The molecule has 0 amide bonds. The van der Waals surface area contributed by atoms with Gasteiger partial charge in [-0.2, -0.15) is 0 Å². The second kappa shape index (κ2) is 6.07. The lowest BCUT2D eigenvalue weighted by Gasteiger charge is -2.43. The third-order valence-corrected chi connectivity index (χ3v) is 5.87. The van der Waals surface area contributed by atoms with Gasteiger partial charge in [0, 0.05) is 10.6 Å². The van der Waals surface area contributed by atoms with Gasteiger partial charge in [0.15, 0.2) is 0 Å². The maximum absolute atomic E-state index is 6.65. The Balaban J connectivity index is 2.00. The van der Waals surface area contributed by atoms with Crippen LogP contribution in [0.3, 0.4) is 0 Å². The smallest absolute Gasteiger partial charge is 0.0438 e. The summed E-state index contributed by atoms with van der Waals surface area (Å²) >= 11 is 6.27. The molecule has 0 unspecified atom stereocenters. The molecule has 1 fully saturated rings. The van der Waals surface area contributed by atoms with Gasteiger partial charge in [-0.25, -0.2) is 0 Å². The van der Waals surface area contributed by atoms with E-state index in [1.54, 1.807) is 0 Å². The monoisotopic (exact) mass is 293 g/mol. The van der Waals surface area contributed by atoms with Crippen molar-refractivity contribution in [2.24, 2.45) is 17.1 Å². The fourth-order valence-corrected chi connectivity index (χ4v) is 3.66. The van der Waals surface area contributed by atoms with Gasteiger partial charge < -0.3 is 5.73 Å². The van der Waals surface area contributed by atoms with E-state index in [9.17, 15) is 0 Å². The maximum Gasteiger partial charge on any atom is 0.0438 e. The van der Waals surface area contributed by atoms with Crippen molar-refractivity contribution >= 4 is 11.6 Å². The van der Waals surface area contributed by atoms with Crippen molar-refractivity contribution in [1.29, 1.82) is 0 Å². The molecule has 2 rings (SSSR count). The van der Waals surface area contributed by atoms with Gasteiger partial charge in [-0.3, -0.25) is 0 Å². The molecule has 1 aliphatic rings. The van der Waals surface area contributed by atoms with Crippen molar-refractivity contribution in [3.8, 4) is 0 Å². The summed E-state index contributed by atoms with van der Waals surface area (Å²) in [4.78, 5) is 0. The Hall–Kier alpha value is -0.530. The van der Waals surface area contributed by atoms with Crippen LogP contribution in [0.4, 0.5) is 0 Å². The van der Waals surface area contributed by atoms with Crippen LogP contribution in [0, 0.1) is 11.3 Å². The van der Waals surface area contributed by atoms with Crippen LogP contribution >= 0.6 is 11.6 Å². The maximum atomic E-state index is 6.65. The highest BCUT2D eigenvalue weighted by Gasteiger charge is 2.37. The average molecular weight is 294 g/mol. The van der Waals surface area contributed by atoms with Gasteiger partial charge in [-0.05, 0) is 55.1 Å². The van der Waals surface area contributed by atoms with Crippen molar-refractivity contribution in [3.63, 3.8) is 0 Å². The molecule has 0 heterocycles. The van der Waals surface area contributed by atoms with E-state index in [2.05, 4.69) is 32.9 Å². The zero-order valence-corrected chi connectivity index (χ0v) is 13.8. The van der Waals surface area contributed by atoms with E-state index in [0.717, 1.165) is 30.2 Å². The first-order valence-electron chi connectivity index (χ1n) is 7.89.